The van der Waals surface area contributed by atoms with Crippen LogP contribution >= 0.6 is 23.1 Å². The normalized spacial score (nSPS) is 15.0. The van der Waals surface area contributed by atoms with Crippen molar-refractivity contribution in [3.8, 4) is 17.2 Å². The van der Waals surface area contributed by atoms with Gasteiger partial charge in [0.25, 0.3) is 5.78 Å². The highest BCUT2D eigenvalue weighted by Gasteiger charge is 2.48. The predicted molar refractivity (Wildman–Crippen MR) is 211 cm³/mol. The van der Waals surface area contributed by atoms with Gasteiger partial charge >= 0.3 is 5.91 Å². The summed E-state index contributed by atoms with van der Waals surface area (Å²) in [6, 6.07) is 36.9. The number of amides is 1. The van der Waals surface area contributed by atoms with Crippen molar-refractivity contribution in [2.75, 3.05) is 12.0 Å². The number of anilines is 1. The molecular formula is C43H37N3O6S2. The van der Waals surface area contributed by atoms with Crippen LogP contribution in [0.3, 0.4) is 0 Å². The number of ether oxygens (including phenoxy) is 3. The molecule has 5 aromatic carbocycles. The fourth-order valence-corrected chi connectivity index (χ4v) is 7.86. The van der Waals surface area contributed by atoms with Gasteiger partial charge < -0.3 is 19.3 Å². The number of aromatic nitrogens is 2. The van der Waals surface area contributed by atoms with Crippen LogP contribution in [-0.4, -0.2) is 34.1 Å². The maximum atomic E-state index is 13.9. The van der Waals surface area contributed by atoms with E-state index in [9.17, 15) is 14.7 Å². The van der Waals surface area contributed by atoms with Crippen molar-refractivity contribution >= 4 is 45.7 Å². The van der Waals surface area contributed by atoms with Gasteiger partial charge in [0.1, 0.15) is 24.7 Å². The van der Waals surface area contributed by atoms with Gasteiger partial charge in [-0.2, -0.15) is 0 Å². The number of benzene rings is 5. The summed E-state index contributed by atoms with van der Waals surface area (Å²) in [4.78, 5) is 29.2. The number of methoxy groups -OCH3 is 1. The lowest BCUT2D eigenvalue weighted by Crippen LogP contribution is -2.29. The molecule has 1 aromatic heterocycles. The summed E-state index contributed by atoms with van der Waals surface area (Å²) in [6.07, 6.45) is 0. The largest absolute Gasteiger partial charge is 0.507 e. The molecule has 7 rings (SSSR count). The number of rotatable bonds is 13. The predicted octanol–water partition coefficient (Wildman–Crippen LogP) is 9.24. The molecule has 0 bridgehead atoms. The fraction of sp³-hybridized carbons (Fsp3) is 0.163. The Morgan fingerprint density at radius 3 is 2.28 bits per heavy atom. The minimum absolute atomic E-state index is 0.0855. The number of nitrogens with zero attached hydrogens (tertiary/aromatic N) is 3. The Morgan fingerprint density at radius 1 is 0.796 bits per heavy atom. The van der Waals surface area contributed by atoms with E-state index in [1.165, 1.54) is 40.7 Å². The zero-order valence-corrected chi connectivity index (χ0v) is 31.5. The van der Waals surface area contributed by atoms with Crippen molar-refractivity contribution in [3.05, 3.63) is 166 Å². The smallest absolute Gasteiger partial charge is 0.301 e. The van der Waals surface area contributed by atoms with Crippen LogP contribution in [-0.2, 0) is 28.6 Å². The van der Waals surface area contributed by atoms with Crippen LogP contribution in [0.15, 0.2) is 131 Å². The van der Waals surface area contributed by atoms with E-state index in [1.807, 2.05) is 68.4 Å². The third-order valence-electron chi connectivity index (χ3n) is 9.05. The molecule has 1 amide bonds. The number of carbonyl (C=O) groups excluding carboxylic acids is 2. The summed E-state index contributed by atoms with van der Waals surface area (Å²) in [7, 11) is 1.52. The van der Waals surface area contributed by atoms with E-state index >= 15 is 0 Å². The number of Topliss-reactive ketones (excluding diaryl/α,β-unsaturated/α-hetero) is 1. The molecule has 1 saturated heterocycles. The van der Waals surface area contributed by atoms with Crippen LogP contribution in [0, 0.1) is 13.8 Å². The molecule has 0 aliphatic carbocycles. The second-order valence-electron chi connectivity index (χ2n) is 12.7. The SMILES string of the molecule is COc1cc(C2/C(=C(\O)c3ccc(OCc4ccccc4C)cc3)C(=O)C(=O)N2c2nnc(SCc3ccc(C)cc3)s2)ccc1OCc1ccccc1. The second kappa shape index (κ2) is 16.4. The molecule has 1 aliphatic rings. The molecule has 0 radical (unpaired) electrons. The van der Waals surface area contributed by atoms with Crippen LogP contribution < -0.4 is 19.1 Å². The van der Waals surface area contributed by atoms with Crippen molar-refractivity contribution in [1.29, 1.82) is 0 Å². The fourth-order valence-electron chi connectivity index (χ4n) is 6.04. The first-order valence-electron chi connectivity index (χ1n) is 17.2. The molecule has 1 atom stereocenters. The first kappa shape index (κ1) is 36.4. The molecule has 2 heterocycles. The average molecular weight is 756 g/mol. The highest BCUT2D eigenvalue weighted by molar-refractivity contribution is 8.00. The standard InChI is InChI=1S/C43H37N3O6S2/c1-27-13-15-30(16-14-27)26-53-43-45-44-42(54-43)46-38(32-19-22-35(36(23-32)50-3)52-24-29-10-5-4-6-11-29)37(40(48)41(46)49)39(47)31-17-20-34(21-18-31)51-25-33-12-8-7-9-28(33)2/h4-23,38,47H,24-26H2,1-3H3/b39-37+. The third kappa shape index (κ3) is 8.02. The van der Waals surface area contributed by atoms with Gasteiger partial charge in [-0.05, 0) is 78.1 Å². The number of aliphatic hydroxyl groups excluding tert-OH is 1. The molecule has 9 nitrogen and oxygen atoms in total. The van der Waals surface area contributed by atoms with E-state index in [4.69, 9.17) is 14.2 Å². The highest BCUT2D eigenvalue weighted by atomic mass is 32.2. The second-order valence-corrected chi connectivity index (χ2v) is 14.9. The highest BCUT2D eigenvalue weighted by Crippen LogP contribution is 2.46. The molecule has 1 unspecified atom stereocenters. The lowest BCUT2D eigenvalue weighted by Gasteiger charge is -2.23. The van der Waals surface area contributed by atoms with Crippen molar-refractivity contribution < 1.29 is 28.9 Å². The Hall–Kier alpha value is -5.91. The Kier molecular flexibility index (Phi) is 11.1. The van der Waals surface area contributed by atoms with Crippen molar-refractivity contribution in [2.24, 2.45) is 0 Å². The number of aliphatic hydroxyl groups is 1. The number of hydrogen-bond acceptors (Lipinski definition) is 10. The summed E-state index contributed by atoms with van der Waals surface area (Å²) in [5, 5.41) is 20.8. The Morgan fingerprint density at radius 2 is 1.54 bits per heavy atom. The lowest BCUT2D eigenvalue weighted by molar-refractivity contribution is -0.132. The average Bonchev–Trinajstić information content (AvgIpc) is 3.78. The molecule has 272 valence electrons. The number of hydrogen-bond donors (Lipinski definition) is 1. The Balaban J connectivity index is 1.22. The molecule has 11 heteroatoms. The maximum Gasteiger partial charge on any atom is 0.301 e. The maximum absolute atomic E-state index is 13.9. The van der Waals surface area contributed by atoms with Crippen molar-refractivity contribution in [2.45, 2.75) is 43.2 Å². The van der Waals surface area contributed by atoms with Gasteiger partial charge in [0.15, 0.2) is 15.8 Å². The van der Waals surface area contributed by atoms with Crippen molar-refractivity contribution in [3.63, 3.8) is 0 Å². The van der Waals surface area contributed by atoms with E-state index in [-0.39, 0.29) is 16.5 Å². The minimum Gasteiger partial charge on any atom is -0.507 e. The molecule has 54 heavy (non-hydrogen) atoms. The van der Waals surface area contributed by atoms with Crippen LogP contribution in [0.1, 0.15) is 45.0 Å². The quantitative estimate of drug-likeness (QED) is 0.0406. The summed E-state index contributed by atoms with van der Waals surface area (Å²) in [6.45, 7) is 4.76. The van der Waals surface area contributed by atoms with Gasteiger partial charge in [-0.3, -0.25) is 14.5 Å². The van der Waals surface area contributed by atoms with Gasteiger partial charge in [-0.25, -0.2) is 0 Å². The topological polar surface area (TPSA) is 111 Å². The molecule has 6 aromatic rings. The van der Waals surface area contributed by atoms with Crippen molar-refractivity contribution in [1.82, 2.24) is 10.2 Å². The van der Waals surface area contributed by atoms with Gasteiger partial charge in [-0.15, -0.1) is 10.2 Å². The minimum atomic E-state index is -1.04. The van der Waals surface area contributed by atoms with E-state index < -0.39 is 17.7 Å². The summed E-state index contributed by atoms with van der Waals surface area (Å²) in [5.41, 5.74) is 6.24. The summed E-state index contributed by atoms with van der Waals surface area (Å²) in [5.74, 6) is 0.132. The lowest BCUT2D eigenvalue weighted by atomic mass is 9.95. The van der Waals surface area contributed by atoms with E-state index in [0.717, 1.165) is 22.3 Å². The van der Waals surface area contributed by atoms with E-state index in [1.54, 1.807) is 42.5 Å². The van der Waals surface area contributed by atoms with Crippen LogP contribution in [0.5, 0.6) is 17.2 Å². The number of thioether (sulfide) groups is 1. The zero-order valence-electron chi connectivity index (χ0n) is 29.9. The summed E-state index contributed by atoms with van der Waals surface area (Å²) < 4.78 is 18.5. The first-order valence-corrected chi connectivity index (χ1v) is 19.0. The van der Waals surface area contributed by atoms with Crippen LogP contribution in [0.4, 0.5) is 5.13 Å². The third-order valence-corrected chi connectivity index (χ3v) is 11.2. The zero-order chi connectivity index (χ0) is 37.6. The molecule has 1 N–H and O–H groups in total. The van der Waals surface area contributed by atoms with Crippen LogP contribution in [0.25, 0.3) is 5.76 Å². The molecule has 1 fully saturated rings. The number of carbonyl (C=O) groups is 2. The Labute approximate surface area is 321 Å². The van der Waals surface area contributed by atoms with E-state index in [0.29, 0.717) is 51.7 Å². The molecular weight excluding hydrogens is 719 g/mol. The van der Waals surface area contributed by atoms with Gasteiger partial charge in [0.05, 0.1) is 18.7 Å². The molecule has 0 spiro atoms. The van der Waals surface area contributed by atoms with E-state index in [2.05, 4.69) is 34.5 Å². The number of ketones is 1. The molecule has 1 aliphatic heterocycles. The number of aryl methyl sites for hydroxylation is 2. The van der Waals surface area contributed by atoms with Gasteiger partial charge in [-0.1, -0.05) is 114 Å². The molecule has 0 saturated carbocycles. The first-order chi connectivity index (χ1) is 26.3. The monoisotopic (exact) mass is 755 g/mol. The van der Waals surface area contributed by atoms with Gasteiger partial charge in [0.2, 0.25) is 5.13 Å². The van der Waals surface area contributed by atoms with Gasteiger partial charge in [0, 0.05) is 11.3 Å². The Bertz CT molecular complexity index is 2310. The van der Waals surface area contributed by atoms with Crippen LogP contribution in [0.2, 0.25) is 0 Å². The summed E-state index contributed by atoms with van der Waals surface area (Å²) >= 11 is 2.70.